The van der Waals surface area contributed by atoms with Gasteiger partial charge in [-0.15, -0.1) is 0 Å². The summed E-state index contributed by atoms with van der Waals surface area (Å²) >= 11 is 9.59. The molecule has 0 saturated carbocycles. The summed E-state index contributed by atoms with van der Waals surface area (Å²) in [6.45, 7) is 0. The molecule has 3 nitrogen and oxygen atoms in total. The number of nitrogens with zero attached hydrogens (tertiary/aromatic N) is 2. The first-order valence-electron chi connectivity index (χ1n) is 6.40. The van der Waals surface area contributed by atoms with Crippen LogP contribution in [0.4, 0.5) is 5.82 Å². The van der Waals surface area contributed by atoms with E-state index in [1.54, 1.807) is 4.68 Å². The fourth-order valence-corrected chi connectivity index (χ4v) is 2.89. The summed E-state index contributed by atoms with van der Waals surface area (Å²) in [5.41, 5.74) is 9.92. The molecule has 2 aromatic carbocycles. The predicted molar refractivity (Wildman–Crippen MR) is 91.2 cm³/mol. The van der Waals surface area contributed by atoms with Crippen molar-refractivity contribution in [2.75, 3.05) is 5.73 Å². The van der Waals surface area contributed by atoms with Crippen LogP contribution in [0, 0.1) is 0 Å². The SMILES string of the molecule is Cn1nc(-c2cccc(Br)c2)c(-c2cccc(Cl)c2)c1N. The minimum Gasteiger partial charge on any atom is -0.383 e. The van der Waals surface area contributed by atoms with E-state index in [-0.39, 0.29) is 0 Å². The first-order chi connectivity index (χ1) is 10.1. The van der Waals surface area contributed by atoms with E-state index in [1.807, 2.05) is 55.6 Å². The fourth-order valence-electron chi connectivity index (χ4n) is 2.30. The number of hydrogen-bond donors (Lipinski definition) is 1. The van der Waals surface area contributed by atoms with E-state index in [4.69, 9.17) is 17.3 Å². The van der Waals surface area contributed by atoms with Gasteiger partial charge in [0.15, 0.2) is 0 Å². The average molecular weight is 363 g/mol. The summed E-state index contributed by atoms with van der Waals surface area (Å²) in [6, 6.07) is 15.6. The zero-order chi connectivity index (χ0) is 15.0. The number of halogens is 2. The van der Waals surface area contributed by atoms with E-state index >= 15 is 0 Å². The Bertz CT molecular complexity index is 811. The number of anilines is 1. The summed E-state index contributed by atoms with van der Waals surface area (Å²) in [7, 11) is 1.84. The molecule has 21 heavy (non-hydrogen) atoms. The van der Waals surface area contributed by atoms with Crippen LogP contribution in [0.2, 0.25) is 5.02 Å². The van der Waals surface area contributed by atoms with Gasteiger partial charge in [-0.2, -0.15) is 5.10 Å². The third-order valence-corrected chi connectivity index (χ3v) is 4.03. The number of hydrogen-bond acceptors (Lipinski definition) is 2. The number of rotatable bonds is 2. The summed E-state index contributed by atoms with van der Waals surface area (Å²) in [5, 5.41) is 5.23. The largest absolute Gasteiger partial charge is 0.383 e. The summed E-state index contributed by atoms with van der Waals surface area (Å²) < 4.78 is 2.69. The Morgan fingerprint density at radius 1 is 1.10 bits per heavy atom. The maximum absolute atomic E-state index is 6.21. The van der Waals surface area contributed by atoms with E-state index in [2.05, 4.69) is 21.0 Å². The van der Waals surface area contributed by atoms with Crippen molar-refractivity contribution in [1.29, 1.82) is 0 Å². The summed E-state index contributed by atoms with van der Waals surface area (Å²) in [6.07, 6.45) is 0. The number of aromatic nitrogens is 2. The van der Waals surface area contributed by atoms with E-state index in [0.717, 1.165) is 26.9 Å². The fraction of sp³-hybridized carbons (Fsp3) is 0.0625. The van der Waals surface area contributed by atoms with E-state index in [0.29, 0.717) is 10.8 Å². The van der Waals surface area contributed by atoms with Crippen molar-refractivity contribution in [3.8, 4) is 22.4 Å². The van der Waals surface area contributed by atoms with Crippen LogP contribution in [0.1, 0.15) is 0 Å². The Morgan fingerprint density at radius 2 is 1.81 bits per heavy atom. The Morgan fingerprint density at radius 3 is 2.52 bits per heavy atom. The van der Waals surface area contributed by atoms with Crippen molar-refractivity contribution in [1.82, 2.24) is 9.78 Å². The molecule has 0 bridgehead atoms. The van der Waals surface area contributed by atoms with Crippen LogP contribution < -0.4 is 5.73 Å². The van der Waals surface area contributed by atoms with Crippen molar-refractivity contribution in [3.63, 3.8) is 0 Å². The van der Waals surface area contributed by atoms with Crippen molar-refractivity contribution in [2.45, 2.75) is 0 Å². The molecule has 3 rings (SSSR count). The highest BCUT2D eigenvalue weighted by Gasteiger charge is 2.17. The van der Waals surface area contributed by atoms with Gasteiger partial charge in [-0.05, 0) is 29.8 Å². The molecule has 0 aliphatic rings. The van der Waals surface area contributed by atoms with Crippen molar-refractivity contribution >= 4 is 33.3 Å². The van der Waals surface area contributed by atoms with Crippen molar-refractivity contribution in [2.24, 2.45) is 7.05 Å². The van der Waals surface area contributed by atoms with Crippen LogP contribution >= 0.6 is 27.5 Å². The van der Waals surface area contributed by atoms with Gasteiger partial charge in [0.2, 0.25) is 0 Å². The standard InChI is InChI=1S/C16H13BrClN3/c1-21-16(19)14(10-4-3-7-13(18)9-10)15(20-21)11-5-2-6-12(17)8-11/h2-9H,19H2,1H3. The molecule has 5 heteroatoms. The monoisotopic (exact) mass is 361 g/mol. The van der Waals surface area contributed by atoms with Gasteiger partial charge in [-0.3, -0.25) is 4.68 Å². The number of nitrogens with two attached hydrogens (primary N) is 1. The molecule has 0 aliphatic carbocycles. The normalized spacial score (nSPS) is 10.8. The van der Waals surface area contributed by atoms with Crippen molar-refractivity contribution < 1.29 is 0 Å². The van der Waals surface area contributed by atoms with Crippen LogP contribution in [0.3, 0.4) is 0 Å². The van der Waals surface area contributed by atoms with Gasteiger partial charge in [0.05, 0.1) is 5.56 Å². The lowest BCUT2D eigenvalue weighted by Gasteiger charge is -2.05. The highest BCUT2D eigenvalue weighted by molar-refractivity contribution is 9.10. The minimum absolute atomic E-state index is 0.618. The molecular formula is C16H13BrClN3. The molecule has 1 aromatic heterocycles. The van der Waals surface area contributed by atoms with Gasteiger partial charge in [0, 0.05) is 22.1 Å². The third kappa shape index (κ3) is 2.69. The number of nitrogen functional groups attached to an aromatic ring is 1. The summed E-state index contributed by atoms with van der Waals surface area (Å²) in [4.78, 5) is 0. The smallest absolute Gasteiger partial charge is 0.129 e. The van der Waals surface area contributed by atoms with Gasteiger partial charge in [-0.1, -0.05) is 51.8 Å². The van der Waals surface area contributed by atoms with Gasteiger partial charge < -0.3 is 5.73 Å². The second-order valence-corrected chi connectivity index (χ2v) is 6.11. The maximum atomic E-state index is 6.21. The molecular weight excluding hydrogens is 350 g/mol. The van der Waals surface area contributed by atoms with Gasteiger partial charge in [0.1, 0.15) is 11.5 Å². The second-order valence-electron chi connectivity index (χ2n) is 4.75. The van der Waals surface area contributed by atoms with E-state index < -0.39 is 0 Å². The molecule has 0 saturated heterocycles. The average Bonchev–Trinajstić information content (AvgIpc) is 2.75. The van der Waals surface area contributed by atoms with Crippen LogP contribution in [0.15, 0.2) is 53.0 Å². The second kappa shape index (κ2) is 5.54. The maximum Gasteiger partial charge on any atom is 0.129 e. The van der Waals surface area contributed by atoms with Crippen molar-refractivity contribution in [3.05, 3.63) is 58.0 Å². The van der Waals surface area contributed by atoms with Crippen LogP contribution in [0.25, 0.3) is 22.4 Å². The molecule has 106 valence electrons. The zero-order valence-corrected chi connectivity index (χ0v) is 13.7. The van der Waals surface area contributed by atoms with Crippen LogP contribution in [-0.4, -0.2) is 9.78 Å². The first kappa shape index (κ1) is 14.2. The van der Waals surface area contributed by atoms with Gasteiger partial charge >= 0.3 is 0 Å². The molecule has 0 fully saturated rings. The third-order valence-electron chi connectivity index (χ3n) is 3.30. The molecule has 0 unspecified atom stereocenters. The topological polar surface area (TPSA) is 43.8 Å². The predicted octanol–water partition coefficient (Wildman–Crippen LogP) is 4.75. The highest BCUT2D eigenvalue weighted by atomic mass is 79.9. The lowest BCUT2D eigenvalue weighted by atomic mass is 10.0. The molecule has 0 radical (unpaired) electrons. The molecule has 0 amide bonds. The Labute approximate surface area is 136 Å². The summed E-state index contributed by atoms with van der Waals surface area (Å²) in [5.74, 6) is 0.618. The number of benzene rings is 2. The van der Waals surface area contributed by atoms with Gasteiger partial charge in [-0.25, -0.2) is 0 Å². The molecule has 0 spiro atoms. The Balaban J connectivity index is 2.25. The van der Waals surface area contributed by atoms with Crippen LogP contribution in [0.5, 0.6) is 0 Å². The Kier molecular flexibility index (Phi) is 3.74. The lowest BCUT2D eigenvalue weighted by Crippen LogP contribution is -1.97. The molecule has 2 N–H and O–H groups in total. The highest BCUT2D eigenvalue weighted by Crippen LogP contribution is 2.37. The lowest BCUT2D eigenvalue weighted by molar-refractivity contribution is 0.782. The molecule has 0 atom stereocenters. The number of aryl methyl sites for hydroxylation is 1. The van der Waals surface area contributed by atoms with Gasteiger partial charge in [0.25, 0.3) is 0 Å². The molecule has 1 heterocycles. The Hall–Kier alpha value is -1.78. The van der Waals surface area contributed by atoms with E-state index in [9.17, 15) is 0 Å². The first-order valence-corrected chi connectivity index (χ1v) is 7.57. The molecule has 3 aromatic rings. The van der Waals surface area contributed by atoms with E-state index in [1.165, 1.54) is 0 Å². The molecule has 0 aliphatic heterocycles. The quantitative estimate of drug-likeness (QED) is 0.715. The van der Waals surface area contributed by atoms with Crippen LogP contribution in [-0.2, 0) is 7.05 Å². The zero-order valence-electron chi connectivity index (χ0n) is 11.3. The minimum atomic E-state index is 0.618.